The van der Waals surface area contributed by atoms with Gasteiger partial charge in [0.15, 0.2) is 0 Å². The molecular weight excluding hydrogens is 177 g/mol. The van der Waals surface area contributed by atoms with E-state index in [0.29, 0.717) is 0 Å². The first-order valence-electron chi connectivity index (χ1n) is 2.35. The van der Waals surface area contributed by atoms with Gasteiger partial charge in [-0.25, -0.2) is 0 Å². The third-order valence-electron chi connectivity index (χ3n) is 0.362. The second kappa shape index (κ2) is 10.3. The molecule has 1 aromatic rings. The Labute approximate surface area is 74.9 Å². The number of hydrogen-bond donors (Lipinski definition) is 1. The van der Waals surface area contributed by atoms with Gasteiger partial charge in [0.25, 0.3) is 0 Å². The summed E-state index contributed by atoms with van der Waals surface area (Å²) in [7, 11) is 0. The minimum absolute atomic E-state index is 0. The first-order chi connectivity index (χ1) is 3.50. The molecule has 0 spiro atoms. The van der Waals surface area contributed by atoms with Crippen molar-refractivity contribution in [2.24, 2.45) is 0 Å². The van der Waals surface area contributed by atoms with Gasteiger partial charge in [-0.15, -0.1) is 6.20 Å². The third-order valence-corrected chi connectivity index (χ3v) is 0.362. The van der Waals surface area contributed by atoms with Crippen molar-refractivity contribution >= 4 is 0 Å². The summed E-state index contributed by atoms with van der Waals surface area (Å²) < 4.78 is 0. The van der Waals surface area contributed by atoms with Gasteiger partial charge in [0.2, 0.25) is 0 Å². The van der Waals surface area contributed by atoms with Crippen LogP contribution in [0.4, 0.5) is 0 Å². The maximum absolute atomic E-state index is 3.54. The van der Waals surface area contributed by atoms with E-state index in [4.69, 9.17) is 0 Å². The van der Waals surface area contributed by atoms with E-state index in [1.54, 1.807) is 12.3 Å². The van der Waals surface area contributed by atoms with Gasteiger partial charge < -0.3 is 10.2 Å². The molecule has 1 N–H and O–H groups in total. The fraction of sp³-hybridized carbons (Fsp3) is 0.400. The van der Waals surface area contributed by atoms with Crippen LogP contribution in [0.5, 0.6) is 0 Å². The predicted molar refractivity (Wildman–Crippen MR) is 28.8 cm³/mol. The average molecular weight is 186 g/mol. The Bertz CT molecular complexity index is 66.9. The molecule has 0 bridgehead atoms. The van der Waals surface area contributed by atoms with Crippen LogP contribution in [0.25, 0.3) is 0 Å². The molecule has 0 saturated heterocycles. The van der Waals surface area contributed by atoms with Gasteiger partial charge in [0.05, 0.1) is 0 Å². The maximum Gasteiger partial charge on any atom is 0 e. The zero-order valence-electron chi connectivity index (χ0n) is 5.18. The van der Waals surface area contributed by atoms with Crippen LogP contribution in [-0.4, -0.2) is 10.2 Å². The number of aromatic nitrogens is 2. The quantitative estimate of drug-likeness (QED) is 0.606. The minimum Gasteiger partial charge on any atom is -0.390 e. The van der Waals surface area contributed by atoms with Crippen molar-refractivity contribution in [3.8, 4) is 0 Å². The molecule has 0 unspecified atom stereocenters. The van der Waals surface area contributed by atoms with Crippen LogP contribution >= 0.6 is 0 Å². The molecule has 1 heterocycles. The standard InChI is InChI=1S/C3H3N2.C2H6.Y/c1-2-4-5-3-1;1-2;/h1-2H,(H,4,5);1-2H3;/q-1;;. The van der Waals surface area contributed by atoms with Crippen LogP contribution in [0.1, 0.15) is 13.8 Å². The monoisotopic (exact) mass is 186 g/mol. The molecule has 0 aromatic carbocycles. The molecule has 1 rings (SSSR count). The van der Waals surface area contributed by atoms with Crippen molar-refractivity contribution in [2.45, 2.75) is 13.8 Å². The molecule has 0 aliphatic carbocycles. The summed E-state index contributed by atoms with van der Waals surface area (Å²) in [5, 5.41) is 6.03. The van der Waals surface area contributed by atoms with Gasteiger partial charge in [-0.1, -0.05) is 13.8 Å². The van der Waals surface area contributed by atoms with Crippen LogP contribution < -0.4 is 0 Å². The number of rotatable bonds is 0. The van der Waals surface area contributed by atoms with E-state index in [1.807, 2.05) is 13.8 Å². The average Bonchev–Trinajstić information content (AvgIpc) is 2.23. The van der Waals surface area contributed by atoms with Crippen molar-refractivity contribution in [3.05, 3.63) is 18.5 Å². The Morgan fingerprint density at radius 1 is 1.50 bits per heavy atom. The van der Waals surface area contributed by atoms with Crippen LogP contribution in [0.2, 0.25) is 0 Å². The Morgan fingerprint density at radius 2 is 2.12 bits per heavy atom. The van der Waals surface area contributed by atoms with Crippen LogP contribution in [0.15, 0.2) is 12.3 Å². The SMILES string of the molecule is CC.[Y].[c-]1ccn[nH]1. The Kier molecular flexibility index (Phi) is 14.4. The summed E-state index contributed by atoms with van der Waals surface area (Å²) in [6.45, 7) is 4.00. The Morgan fingerprint density at radius 3 is 2.25 bits per heavy atom. The summed E-state index contributed by atoms with van der Waals surface area (Å²) in [6, 6.07) is 1.71. The molecule has 2 nitrogen and oxygen atoms in total. The van der Waals surface area contributed by atoms with E-state index >= 15 is 0 Å². The third kappa shape index (κ3) is 6.31. The summed E-state index contributed by atoms with van der Waals surface area (Å²) in [5.41, 5.74) is 0. The van der Waals surface area contributed by atoms with Crippen molar-refractivity contribution in [2.75, 3.05) is 0 Å². The molecule has 43 valence electrons. The molecule has 0 atom stereocenters. The van der Waals surface area contributed by atoms with Gasteiger partial charge in [0, 0.05) is 32.7 Å². The van der Waals surface area contributed by atoms with Crippen molar-refractivity contribution in [1.82, 2.24) is 10.2 Å². The van der Waals surface area contributed by atoms with E-state index < -0.39 is 0 Å². The molecule has 0 aliphatic rings. The summed E-state index contributed by atoms with van der Waals surface area (Å²) in [6.07, 6.45) is 4.26. The fourth-order valence-corrected chi connectivity index (χ4v) is 0.186. The molecule has 0 amide bonds. The Hall–Kier alpha value is 0.314. The molecule has 0 aliphatic heterocycles. The van der Waals surface area contributed by atoms with E-state index in [-0.39, 0.29) is 32.7 Å². The predicted octanol–water partition coefficient (Wildman–Crippen LogP) is 1.23. The molecule has 1 radical (unpaired) electrons. The van der Waals surface area contributed by atoms with Gasteiger partial charge in [-0.2, -0.15) is 12.3 Å². The molecular formula is C5H9N2Y-. The normalized spacial score (nSPS) is 5.75. The zero-order valence-corrected chi connectivity index (χ0v) is 8.02. The van der Waals surface area contributed by atoms with E-state index in [1.165, 1.54) is 0 Å². The zero-order chi connectivity index (χ0) is 5.54. The van der Waals surface area contributed by atoms with Crippen LogP contribution in [0, 0.1) is 6.20 Å². The van der Waals surface area contributed by atoms with E-state index in [2.05, 4.69) is 16.4 Å². The topological polar surface area (TPSA) is 28.7 Å². The molecule has 0 fully saturated rings. The van der Waals surface area contributed by atoms with Crippen LogP contribution in [0.3, 0.4) is 0 Å². The van der Waals surface area contributed by atoms with Crippen molar-refractivity contribution in [3.63, 3.8) is 0 Å². The van der Waals surface area contributed by atoms with Gasteiger partial charge in [-0.05, 0) is 0 Å². The van der Waals surface area contributed by atoms with Gasteiger partial charge in [0.1, 0.15) is 0 Å². The van der Waals surface area contributed by atoms with Crippen LogP contribution in [-0.2, 0) is 32.7 Å². The summed E-state index contributed by atoms with van der Waals surface area (Å²) in [5.74, 6) is 0. The molecule has 0 saturated carbocycles. The van der Waals surface area contributed by atoms with Crippen molar-refractivity contribution in [1.29, 1.82) is 0 Å². The summed E-state index contributed by atoms with van der Waals surface area (Å²) in [4.78, 5) is 0. The first kappa shape index (κ1) is 11.2. The van der Waals surface area contributed by atoms with Gasteiger partial charge >= 0.3 is 0 Å². The maximum atomic E-state index is 3.54. The largest absolute Gasteiger partial charge is 0.390 e. The number of aromatic amines is 1. The second-order valence-corrected chi connectivity index (χ2v) is 0.701. The first-order valence-corrected chi connectivity index (χ1v) is 2.35. The summed E-state index contributed by atoms with van der Waals surface area (Å²) >= 11 is 0. The minimum atomic E-state index is 0. The van der Waals surface area contributed by atoms with E-state index in [0.717, 1.165) is 0 Å². The molecule has 1 aromatic heterocycles. The van der Waals surface area contributed by atoms with Gasteiger partial charge in [-0.3, -0.25) is 0 Å². The molecule has 8 heavy (non-hydrogen) atoms. The molecule has 3 heteroatoms. The second-order valence-electron chi connectivity index (χ2n) is 0.701. The number of nitrogens with one attached hydrogen (secondary N) is 1. The fourth-order valence-electron chi connectivity index (χ4n) is 0.186. The number of nitrogens with zero attached hydrogens (tertiary/aromatic N) is 1. The number of hydrogen-bond acceptors (Lipinski definition) is 1. The smallest absolute Gasteiger partial charge is 0 e. The van der Waals surface area contributed by atoms with Crippen molar-refractivity contribution < 1.29 is 32.7 Å². The Balaban J connectivity index is 0. The van der Waals surface area contributed by atoms with E-state index in [9.17, 15) is 0 Å². The number of H-pyrrole nitrogens is 1.